The van der Waals surface area contributed by atoms with Crippen LogP contribution in [0.1, 0.15) is 28.9 Å². The molecule has 0 aliphatic heterocycles. The molecule has 0 N–H and O–H groups in total. The third kappa shape index (κ3) is 3.14. The summed E-state index contributed by atoms with van der Waals surface area (Å²) in [5.41, 5.74) is -0.686. The zero-order chi connectivity index (χ0) is 13.7. The molecule has 0 fully saturated rings. The molecule has 0 aromatic carbocycles. The minimum absolute atomic E-state index is 0.0353. The molecule has 1 heterocycles. The lowest BCUT2D eigenvalue weighted by Gasteiger charge is -2.10. The van der Waals surface area contributed by atoms with E-state index in [0.717, 1.165) is 7.11 Å². The molecule has 0 saturated heterocycles. The highest BCUT2D eigenvalue weighted by atomic mass is 35.5. The van der Waals surface area contributed by atoms with Gasteiger partial charge in [-0.2, -0.15) is 5.26 Å². The number of nitriles is 1. The van der Waals surface area contributed by atoms with Crippen LogP contribution in [-0.4, -0.2) is 18.1 Å². The summed E-state index contributed by atoms with van der Waals surface area (Å²) in [6.07, 6.45) is -3.31. The van der Waals surface area contributed by atoms with Gasteiger partial charge in [0.2, 0.25) is 0 Å². The molecule has 0 amide bonds. The minimum atomic E-state index is -2.89. The van der Waals surface area contributed by atoms with E-state index in [1.54, 1.807) is 6.07 Å². The Balaban J connectivity index is 3.35. The van der Waals surface area contributed by atoms with Gasteiger partial charge in [-0.05, 0) is 6.07 Å². The highest BCUT2D eigenvalue weighted by Gasteiger charge is 2.22. The van der Waals surface area contributed by atoms with Crippen LogP contribution in [-0.2, 0) is 21.8 Å². The van der Waals surface area contributed by atoms with Gasteiger partial charge in [0.05, 0.1) is 48.0 Å². The zero-order valence-electron chi connectivity index (χ0n) is 9.41. The molecule has 0 radical (unpaired) electrons. The molecule has 1 aromatic rings. The van der Waals surface area contributed by atoms with Crippen molar-refractivity contribution in [2.45, 2.75) is 18.7 Å². The highest BCUT2D eigenvalue weighted by Crippen LogP contribution is 2.27. The Labute approximate surface area is 107 Å². The molecular formula is C11H9ClF2N2O2. The fraction of sp³-hybridized carbons (Fsp3) is 0.364. The lowest BCUT2D eigenvalue weighted by atomic mass is 10.0. The number of rotatable bonds is 4. The van der Waals surface area contributed by atoms with E-state index in [1.165, 1.54) is 6.07 Å². The number of hydrogen-bond acceptors (Lipinski definition) is 4. The second-order valence-corrected chi connectivity index (χ2v) is 3.59. The molecule has 0 aliphatic carbocycles. The van der Waals surface area contributed by atoms with Gasteiger partial charge in [-0.25, -0.2) is 8.78 Å². The number of halogens is 3. The van der Waals surface area contributed by atoms with Crippen LogP contribution < -0.4 is 0 Å². The van der Waals surface area contributed by atoms with Gasteiger partial charge in [0.15, 0.2) is 0 Å². The van der Waals surface area contributed by atoms with Gasteiger partial charge in [0.25, 0.3) is 6.43 Å². The molecule has 0 atom stereocenters. The molecule has 0 aliphatic rings. The van der Waals surface area contributed by atoms with Crippen molar-refractivity contribution in [3.8, 4) is 6.07 Å². The van der Waals surface area contributed by atoms with E-state index in [2.05, 4.69) is 9.72 Å². The quantitative estimate of drug-likeness (QED) is 0.624. The van der Waals surface area contributed by atoms with Crippen molar-refractivity contribution in [3.05, 3.63) is 28.6 Å². The highest BCUT2D eigenvalue weighted by molar-refractivity contribution is 6.16. The Bertz CT molecular complexity index is 501. The van der Waals surface area contributed by atoms with E-state index in [-0.39, 0.29) is 22.8 Å². The monoisotopic (exact) mass is 274 g/mol. The standard InChI is InChI=1S/C11H9ClF2N2O2/c1-18-9(17)3-8-10(11(13)14)6(5-15)2-7(4-12)16-8/h2,11H,3-4H2,1H3. The van der Waals surface area contributed by atoms with E-state index in [0.29, 0.717) is 0 Å². The van der Waals surface area contributed by atoms with Gasteiger partial charge < -0.3 is 4.74 Å². The molecule has 1 rings (SSSR count). The number of ether oxygens (including phenoxy) is 1. The predicted molar refractivity (Wildman–Crippen MR) is 59.2 cm³/mol. The van der Waals surface area contributed by atoms with Crippen LogP contribution in [0.5, 0.6) is 0 Å². The smallest absolute Gasteiger partial charge is 0.311 e. The largest absolute Gasteiger partial charge is 0.469 e. The molecule has 18 heavy (non-hydrogen) atoms. The lowest BCUT2D eigenvalue weighted by Crippen LogP contribution is -2.12. The molecule has 0 bridgehead atoms. The van der Waals surface area contributed by atoms with Crippen molar-refractivity contribution >= 4 is 17.6 Å². The first-order valence-electron chi connectivity index (χ1n) is 4.87. The van der Waals surface area contributed by atoms with Crippen LogP contribution >= 0.6 is 11.6 Å². The van der Waals surface area contributed by atoms with Crippen LogP contribution in [0.4, 0.5) is 8.78 Å². The number of nitrogens with zero attached hydrogens (tertiary/aromatic N) is 2. The molecule has 0 unspecified atom stereocenters. The summed E-state index contributed by atoms with van der Waals surface area (Å²) in [7, 11) is 1.14. The van der Waals surface area contributed by atoms with Crippen LogP contribution in [0.25, 0.3) is 0 Å². The summed E-state index contributed by atoms with van der Waals surface area (Å²) in [5.74, 6) is -0.744. The summed E-state index contributed by atoms with van der Waals surface area (Å²) < 4.78 is 30.2. The number of pyridine rings is 1. The Morgan fingerprint density at radius 1 is 1.67 bits per heavy atom. The van der Waals surface area contributed by atoms with Crippen LogP contribution in [0.2, 0.25) is 0 Å². The van der Waals surface area contributed by atoms with E-state index < -0.39 is 24.4 Å². The first-order chi connectivity index (χ1) is 8.53. The molecular weight excluding hydrogens is 266 g/mol. The topological polar surface area (TPSA) is 63.0 Å². The predicted octanol–water partition coefficient (Wildman–Crippen LogP) is 2.35. The summed E-state index contributed by atoms with van der Waals surface area (Å²) >= 11 is 5.55. The number of esters is 1. The number of carbonyl (C=O) groups excluding carboxylic acids is 1. The normalized spacial score (nSPS) is 10.2. The molecule has 96 valence electrons. The van der Waals surface area contributed by atoms with Crippen molar-refractivity contribution in [1.29, 1.82) is 5.26 Å². The number of carbonyl (C=O) groups is 1. The Morgan fingerprint density at radius 3 is 2.78 bits per heavy atom. The molecule has 7 heteroatoms. The first kappa shape index (κ1) is 14.3. The van der Waals surface area contributed by atoms with Crippen molar-refractivity contribution in [1.82, 2.24) is 4.98 Å². The fourth-order valence-corrected chi connectivity index (χ4v) is 1.55. The number of aromatic nitrogens is 1. The van der Waals surface area contributed by atoms with Crippen molar-refractivity contribution in [2.75, 3.05) is 7.11 Å². The van der Waals surface area contributed by atoms with E-state index in [4.69, 9.17) is 16.9 Å². The molecule has 1 aromatic heterocycles. The second-order valence-electron chi connectivity index (χ2n) is 3.32. The van der Waals surface area contributed by atoms with Crippen LogP contribution in [0.3, 0.4) is 0 Å². The lowest BCUT2D eigenvalue weighted by molar-refractivity contribution is -0.139. The average Bonchev–Trinajstić information content (AvgIpc) is 2.36. The minimum Gasteiger partial charge on any atom is -0.469 e. The van der Waals surface area contributed by atoms with Gasteiger partial charge in [-0.15, -0.1) is 11.6 Å². The fourth-order valence-electron chi connectivity index (χ4n) is 1.41. The van der Waals surface area contributed by atoms with E-state index >= 15 is 0 Å². The van der Waals surface area contributed by atoms with Gasteiger partial charge >= 0.3 is 5.97 Å². The number of methoxy groups -OCH3 is 1. The van der Waals surface area contributed by atoms with Crippen molar-refractivity contribution in [2.24, 2.45) is 0 Å². The summed E-state index contributed by atoms with van der Waals surface area (Å²) in [6, 6.07) is 2.84. The average molecular weight is 275 g/mol. The van der Waals surface area contributed by atoms with Gasteiger partial charge in [0, 0.05) is 0 Å². The summed E-state index contributed by atoms with van der Waals surface area (Å²) in [5, 5.41) is 8.83. The SMILES string of the molecule is COC(=O)Cc1nc(CCl)cc(C#N)c1C(F)F. The van der Waals surface area contributed by atoms with E-state index in [9.17, 15) is 13.6 Å². The van der Waals surface area contributed by atoms with Crippen molar-refractivity contribution in [3.63, 3.8) is 0 Å². The Hall–Kier alpha value is -1.74. The third-order valence-electron chi connectivity index (χ3n) is 2.21. The first-order valence-corrected chi connectivity index (χ1v) is 5.40. The van der Waals surface area contributed by atoms with E-state index in [1.807, 2.05) is 0 Å². The van der Waals surface area contributed by atoms with Crippen molar-refractivity contribution < 1.29 is 18.3 Å². The summed E-state index contributed by atoms with van der Waals surface area (Å²) in [6.45, 7) is 0. The van der Waals surface area contributed by atoms with Crippen LogP contribution in [0.15, 0.2) is 6.07 Å². The second kappa shape index (κ2) is 6.26. The van der Waals surface area contributed by atoms with Gasteiger partial charge in [-0.1, -0.05) is 0 Å². The Morgan fingerprint density at radius 2 is 2.33 bits per heavy atom. The van der Waals surface area contributed by atoms with Gasteiger partial charge in [-0.3, -0.25) is 9.78 Å². The van der Waals surface area contributed by atoms with Gasteiger partial charge in [0.1, 0.15) is 0 Å². The number of alkyl halides is 3. The maximum Gasteiger partial charge on any atom is 0.311 e. The maximum atomic E-state index is 12.9. The number of hydrogen-bond donors (Lipinski definition) is 0. The summed E-state index contributed by atoms with van der Waals surface area (Å²) in [4.78, 5) is 15.0. The zero-order valence-corrected chi connectivity index (χ0v) is 10.2. The van der Waals surface area contributed by atoms with Crippen LogP contribution in [0, 0.1) is 11.3 Å². The molecule has 4 nitrogen and oxygen atoms in total. The third-order valence-corrected chi connectivity index (χ3v) is 2.48. The Kier molecular flexibility index (Phi) is 4.98. The molecule has 0 spiro atoms. The maximum absolute atomic E-state index is 12.9. The molecule has 0 saturated carbocycles.